The molecule has 0 aliphatic heterocycles. The van der Waals surface area contributed by atoms with E-state index < -0.39 is 5.97 Å². The summed E-state index contributed by atoms with van der Waals surface area (Å²) in [6, 6.07) is 0. The van der Waals surface area contributed by atoms with Crippen molar-refractivity contribution in [3.8, 4) is 0 Å². The molecular formula is C16H27NO3. The summed E-state index contributed by atoms with van der Waals surface area (Å²) >= 11 is 0. The molecule has 0 aromatic rings. The molecule has 2 aliphatic carbocycles. The van der Waals surface area contributed by atoms with Crippen molar-refractivity contribution in [2.45, 2.75) is 58.3 Å². The van der Waals surface area contributed by atoms with Crippen LogP contribution in [-0.4, -0.2) is 23.5 Å². The van der Waals surface area contributed by atoms with Gasteiger partial charge in [0.1, 0.15) is 0 Å². The van der Waals surface area contributed by atoms with E-state index >= 15 is 0 Å². The van der Waals surface area contributed by atoms with Crippen LogP contribution in [0.1, 0.15) is 58.3 Å². The van der Waals surface area contributed by atoms with Crippen LogP contribution in [0, 0.1) is 23.7 Å². The van der Waals surface area contributed by atoms with E-state index in [0.29, 0.717) is 12.8 Å². The van der Waals surface area contributed by atoms with Gasteiger partial charge in [0, 0.05) is 12.5 Å². The van der Waals surface area contributed by atoms with Crippen LogP contribution in [-0.2, 0) is 9.59 Å². The minimum absolute atomic E-state index is 0.0672. The quantitative estimate of drug-likeness (QED) is 0.814. The van der Waals surface area contributed by atoms with E-state index in [-0.39, 0.29) is 17.7 Å². The minimum Gasteiger partial charge on any atom is -0.481 e. The molecule has 1 amide bonds. The van der Waals surface area contributed by atoms with Gasteiger partial charge < -0.3 is 10.4 Å². The SMILES string of the molecule is CC1CCCC(CCNC(=O)[C@@H]2CC[C@H](C(=O)O)C2)C1. The molecule has 0 bridgehead atoms. The molecule has 4 heteroatoms. The molecular weight excluding hydrogens is 254 g/mol. The first-order valence-electron chi connectivity index (χ1n) is 8.06. The molecule has 2 saturated carbocycles. The van der Waals surface area contributed by atoms with Crippen LogP contribution in [0.2, 0.25) is 0 Å². The Morgan fingerprint density at radius 3 is 2.50 bits per heavy atom. The first-order valence-corrected chi connectivity index (χ1v) is 8.06. The van der Waals surface area contributed by atoms with Crippen molar-refractivity contribution < 1.29 is 14.7 Å². The van der Waals surface area contributed by atoms with E-state index in [0.717, 1.165) is 31.2 Å². The van der Waals surface area contributed by atoms with E-state index in [1.165, 1.54) is 25.7 Å². The Morgan fingerprint density at radius 1 is 1.10 bits per heavy atom. The summed E-state index contributed by atoms with van der Waals surface area (Å²) in [7, 11) is 0. The maximum Gasteiger partial charge on any atom is 0.306 e. The van der Waals surface area contributed by atoms with Crippen molar-refractivity contribution in [3.63, 3.8) is 0 Å². The topological polar surface area (TPSA) is 66.4 Å². The second-order valence-corrected chi connectivity index (χ2v) is 6.76. The van der Waals surface area contributed by atoms with Gasteiger partial charge in [0.25, 0.3) is 0 Å². The molecule has 0 saturated heterocycles. The second kappa shape index (κ2) is 7.09. The third kappa shape index (κ3) is 4.22. The van der Waals surface area contributed by atoms with Gasteiger partial charge in [-0.15, -0.1) is 0 Å². The van der Waals surface area contributed by atoms with Crippen LogP contribution in [0.3, 0.4) is 0 Å². The number of carbonyl (C=O) groups excluding carboxylic acids is 1. The third-order valence-electron chi connectivity index (χ3n) is 5.05. The number of hydrogen-bond acceptors (Lipinski definition) is 2. The molecule has 4 atom stereocenters. The van der Waals surface area contributed by atoms with Gasteiger partial charge in [-0.1, -0.05) is 26.2 Å². The normalized spacial score (nSPS) is 33.9. The molecule has 0 aromatic carbocycles. The van der Waals surface area contributed by atoms with Crippen molar-refractivity contribution in [2.24, 2.45) is 23.7 Å². The predicted molar refractivity (Wildman–Crippen MR) is 77.2 cm³/mol. The average Bonchev–Trinajstić information content (AvgIpc) is 2.88. The minimum atomic E-state index is -0.753. The average molecular weight is 281 g/mol. The Morgan fingerprint density at radius 2 is 1.85 bits per heavy atom. The first kappa shape index (κ1) is 15.3. The fourth-order valence-electron chi connectivity index (χ4n) is 3.81. The van der Waals surface area contributed by atoms with Crippen molar-refractivity contribution >= 4 is 11.9 Å². The number of nitrogens with one attached hydrogen (secondary N) is 1. The maximum atomic E-state index is 12.0. The Hall–Kier alpha value is -1.06. The maximum absolute atomic E-state index is 12.0. The number of carbonyl (C=O) groups is 2. The van der Waals surface area contributed by atoms with E-state index in [2.05, 4.69) is 12.2 Å². The molecule has 0 radical (unpaired) electrons. The highest BCUT2D eigenvalue weighted by molar-refractivity contribution is 5.80. The summed E-state index contributed by atoms with van der Waals surface area (Å²) in [5.74, 6) is 0.505. The van der Waals surface area contributed by atoms with Gasteiger partial charge in [-0.3, -0.25) is 9.59 Å². The van der Waals surface area contributed by atoms with Crippen LogP contribution in [0.5, 0.6) is 0 Å². The second-order valence-electron chi connectivity index (χ2n) is 6.76. The number of hydrogen-bond donors (Lipinski definition) is 2. The van der Waals surface area contributed by atoms with Gasteiger partial charge in [0.05, 0.1) is 5.92 Å². The van der Waals surface area contributed by atoms with Gasteiger partial charge in [-0.05, 0) is 43.9 Å². The Bertz CT molecular complexity index is 356. The number of aliphatic carboxylic acids is 1. The highest BCUT2D eigenvalue weighted by Gasteiger charge is 2.33. The van der Waals surface area contributed by atoms with Crippen LogP contribution in [0.4, 0.5) is 0 Å². The fourth-order valence-corrected chi connectivity index (χ4v) is 3.81. The predicted octanol–water partition coefficient (Wildman–Crippen LogP) is 2.82. The molecule has 0 aromatic heterocycles. The molecule has 2 aliphatic rings. The molecule has 0 heterocycles. The molecule has 2 unspecified atom stereocenters. The lowest BCUT2D eigenvalue weighted by Gasteiger charge is -2.26. The smallest absolute Gasteiger partial charge is 0.306 e. The van der Waals surface area contributed by atoms with Crippen LogP contribution < -0.4 is 5.32 Å². The van der Waals surface area contributed by atoms with Crippen LogP contribution >= 0.6 is 0 Å². The molecule has 0 spiro atoms. The summed E-state index contributed by atoms with van der Waals surface area (Å²) in [4.78, 5) is 22.9. The van der Waals surface area contributed by atoms with Crippen LogP contribution in [0.25, 0.3) is 0 Å². The highest BCUT2D eigenvalue weighted by Crippen LogP contribution is 2.32. The third-order valence-corrected chi connectivity index (χ3v) is 5.05. The Balaban J connectivity index is 1.64. The number of carboxylic acid groups (broad SMARTS) is 1. The standard InChI is InChI=1S/C16H27NO3/c1-11-3-2-4-12(9-11)7-8-17-15(18)13-5-6-14(10-13)16(19)20/h11-14H,2-10H2,1H3,(H,17,18)(H,19,20)/t11?,12?,13-,14+/m1/s1. The summed E-state index contributed by atoms with van der Waals surface area (Å²) in [5, 5.41) is 12.0. The van der Waals surface area contributed by atoms with Crippen molar-refractivity contribution in [2.75, 3.05) is 6.54 Å². The lowest BCUT2D eigenvalue weighted by molar-refractivity contribution is -0.141. The zero-order chi connectivity index (χ0) is 14.5. The van der Waals surface area contributed by atoms with E-state index in [1.54, 1.807) is 0 Å². The summed E-state index contributed by atoms with van der Waals surface area (Å²) in [6.45, 7) is 3.07. The lowest BCUT2D eigenvalue weighted by atomic mass is 9.81. The Kier molecular flexibility index (Phi) is 5.44. The highest BCUT2D eigenvalue weighted by atomic mass is 16.4. The monoisotopic (exact) mass is 281 g/mol. The number of carboxylic acids is 1. The zero-order valence-electron chi connectivity index (χ0n) is 12.4. The van der Waals surface area contributed by atoms with Gasteiger partial charge in [0.15, 0.2) is 0 Å². The van der Waals surface area contributed by atoms with E-state index in [4.69, 9.17) is 5.11 Å². The fraction of sp³-hybridized carbons (Fsp3) is 0.875. The van der Waals surface area contributed by atoms with E-state index in [1.807, 2.05) is 0 Å². The summed E-state index contributed by atoms with van der Waals surface area (Å²) in [6.07, 6.45) is 8.22. The van der Waals surface area contributed by atoms with Gasteiger partial charge >= 0.3 is 5.97 Å². The number of rotatable bonds is 5. The van der Waals surface area contributed by atoms with Crippen molar-refractivity contribution in [1.29, 1.82) is 0 Å². The molecule has 2 fully saturated rings. The van der Waals surface area contributed by atoms with E-state index in [9.17, 15) is 9.59 Å². The molecule has 2 N–H and O–H groups in total. The Labute approximate surface area is 121 Å². The van der Waals surface area contributed by atoms with Crippen molar-refractivity contribution in [1.82, 2.24) is 5.32 Å². The first-order chi connectivity index (χ1) is 9.56. The zero-order valence-corrected chi connectivity index (χ0v) is 12.4. The lowest BCUT2D eigenvalue weighted by Crippen LogP contribution is -2.32. The molecule has 2 rings (SSSR count). The largest absolute Gasteiger partial charge is 0.481 e. The molecule has 114 valence electrons. The summed E-state index contributed by atoms with van der Waals surface area (Å²) in [5.41, 5.74) is 0. The molecule has 4 nitrogen and oxygen atoms in total. The summed E-state index contributed by atoms with van der Waals surface area (Å²) < 4.78 is 0. The number of amides is 1. The van der Waals surface area contributed by atoms with Gasteiger partial charge in [-0.2, -0.15) is 0 Å². The van der Waals surface area contributed by atoms with Gasteiger partial charge in [-0.25, -0.2) is 0 Å². The van der Waals surface area contributed by atoms with Crippen LogP contribution in [0.15, 0.2) is 0 Å². The van der Waals surface area contributed by atoms with Crippen molar-refractivity contribution in [3.05, 3.63) is 0 Å². The van der Waals surface area contributed by atoms with Gasteiger partial charge in [0.2, 0.25) is 5.91 Å². The molecule has 20 heavy (non-hydrogen) atoms.